The van der Waals surface area contributed by atoms with Gasteiger partial charge in [-0.05, 0) is 43.2 Å². The Balaban J connectivity index is 2.28. The lowest BCUT2D eigenvalue weighted by molar-refractivity contribution is 0.0948. The lowest BCUT2D eigenvalue weighted by atomic mass is 9.96. The van der Waals surface area contributed by atoms with Gasteiger partial charge < -0.3 is 4.42 Å². The Morgan fingerprint density at radius 3 is 3.00 bits per heavy atom. The summed E-state index contributed by atoms with van der Waals surface area (Å²) < 4.78 is 4.63. The number of ketones is 1. The molecule has 2 rings (SSSR count). The van der Waals surface area contributed by atoms with Gasteiger partial charge in [-0.15, -0.1) is 11.8 Å². The minimum absolute atomic E-state index is 0.0961. The third kappa shape index (κ3) is 1.59. The number of carbonyl (C=O) groups is 1. The molecule has 4 heteroatoms. The highest BCUT2D eigenvalue weighted by molar-refractivity contribution is 8.01. The first-order valence-electron chi connectivity index (χ1n) is 4.55. The van der Waals surface area contributed by atoms with E-state index >= 15 is 0 Å². The van der Waals surface area contributed by atoms with Crippen LogP contribution in [0.1, 0.15) is 30.1 Å². The van der Waals surface area contributed by atoms with Crippen LogP contribution in [0.4, 0.5) is 0 Å². The van der Waals surface area contributed by atoms with Gasteiger partial charge in [0.1, 0.15) is 0 Å². The summed E-state index contributed by atoms with van der Waals surface area (Å²) in [4.78, 5) is 12.1. The molecular formula is C10H11ClO2S. The maximum atomic E-state index is 12.1. The van der Waals surface area contributed by atoms with Gasteiger partial charge in [-0.25, -0.2) is 0 Å². The molecule has 2 nitrogen and oxygen atoms in total. The Morgan fingerprint density at radius 2 is 2.50 bits per heavy atom. The SMILES string of the molecule is CC1(C(=O)c2ccoc2Cl)CCCS1. The zero-order chi connectivity index (χ0) is 10.2. The molecule has 1 saturated heterocycles. The van der Waals surface area contributed by atoms with Crippen molar-refractivity contribution in [1.82, 2.24) is 0 Å². The highest BCUT2D eigenvalue weighted by Gasteiger charge is 2.39. The fourth-order valence-corrected chi connectivity index (χ4v) is 3.17. The summed E-state index contributed by atoms with van der Waals surface area (Å²) in [5.74, 6) is 1.15. The Labute approximate surface area is 92.0 Å². The fourth-order valence-electron chi connectivity index (χ4n) is 1.70. The molecule has 1 unspecified atom stereocenters. The van der Waals surface area contributed by atoms with Crippen LogP contribution in [0.15, 0.2) is 16.7 Å². The van der Waals surface area contributed by atoms with Crippen LogP contribution in [0.25, 0.3) is 0 Å². The summed E-state index contributed by atoms with van der Waals surface area (Å²) >= 11 is 7.49. The summed E-state index contributed by atoms with van der Waals surface area (Å²) in [5.41, 5.74) is 0.517. The van der Waals surface area contributed by atoms with E-state index in [0.717, 1.165) is 18.6 Å². The van der Waals surface area contributed by atoms with Gasteiger partial charge in [-0.2, -0.15) is 0 Å². The predicted octanol–water partition coefficient (Wildman–Crippen LogP) is 3.40. The van der Waals surface area contributed by atoms with Crippen LogP contribution >= 0.6 is 23.4 Å². The van der Waals surface area contributed by atoms with Crippen LogP contribution in [0.2, 0.25) is 5.22 Å². The topological polar surface area (TPSA) is 30.2 Å². The van der Waals surface area contributed by atoms with E-state index in [1.165, 1.54) is 6.26 Å². The first-order chi connectivity index (χ1) is 6.63. The van der Waals surface area contributed by atoms with E-state index in [2.05, 4.69) is 0 Å². The molecule has 1 aromatic rings. The normalized spacial score (nSPS) is 26.7. The number of rotatable bonds is 2. The van der Waals surface area contributed by atoms with Crippen LogP contribution in [-0.2, 0) is 0 Å². The number of furan rings is 1. The van der Waals surface area contributed by atoms with E-state index in [-0.39, 0.29) is 15.7 Å². The molecular weight excluding hydrogens is 220 g/mol. The smallest absolute Gasteiger partial charge is 0.203 e. The van der Waals surface area contributed by atoms with Crippen molar-refractivity contribution in [3.05, 3.63) is 23.1 Å². The second-order valence-corrected chi connectivity index (χ2v) is 5.56. The standard InChI is InChI=1S/C10H11ClO2S/c1-10(4-2-6-14-10)8(12)7-3-5-13-9(7)11/h3,5H,2,4,6H2,1H3. The van der Waals surface area contributed by atoms with Crippen molar-refractivity contribution in [3.63, 3.8) is 0 Å². The maximum absolute atomic E-state index is 12.1. The highest BCUT2D eigenvalue weighted by atomic mass is 35.5. The molecule has 0 aliphatic carbocycles. The average molecular weight is 231 g/mol. The number of hydrogen-bond donors (Lipinski definition) is 0. The number of hydrogen-bond acceptors (Lipinski definition) is 3. The molecule has 0 spiro atoms. The van der Waals surface area contributed by atoms with Crippen LogP contribution in [0.3, 0.4) is 0 Å². The second kappa shape index (κ2) is 3.63. The van der Waals surface area contributed by atoms with Gasteiger partial charge in [0.2, 0.25) is 5.22 Å². The van der Waals surface area contributed by atoms with Gasteiger partial charge in [0.15, 0.2) is 5.78 Å². The van der Waals surface area contributed by atoms with Gasteiger partial charge in [-0.1, -0.05) is 0 Å². The zero-order valence-corrected chi connectivity index (χ0v) is 9.45. The van der Waals surface area contributed by atoms with Gasteiger partial charge in [0, 0.05) is 0 Å². The van der Waals surface area contributed by atoms with Crippen molar-refractivity contribution in [2.45, 2.75) is 24.5 Å². The molecule has 1 aliphatic heterocycles. The minimum atomic E-state index is -0.298. The first kappa shape index (κ1) is 10.1. The molecule has 0 N–H and O–H groups in total. The summed E-state index contributed by atoms with van der Waals surface area (Å²) in [6, 6.07) is 1.65. The zero-order valence-electron chi connectivity index (χ0n) is 7.88. The van der Waals surface area contributed by atoms with Crippen LogP contribution in [0, 0.1) is 0 Å². The molecule has 2 heterocycles. The highest BCUT2D eigenvalue weighted by Crippen LogP contribution is 2.41. The number of thioether (sulfide) groups is 1. The van der Waals surface area contributed by atoms with E-state index < -0.39 is 0 Å². The monoisotopic (exact) mass is 230 g/mol. The Hall–Kier alpha value is -0.410. The van der Waals surface area contributed by atoms with Crippen molar-refractivity contribution >= 4 is 29.1 Å². The Morgan fingerprint density at radius 1 is 1.71 bits per heavy atom. The summed E-state index contributed by atoms with van der Waals surface area (Å²) in [5, 5.41) is 0.212. The van der Waals surface area contributed by atoms with Crippen molar-refractivity contribution in [1.29, 1.82) is 0 Å². The molecule has 0 saturated carbocycles. The first-order valence-corrected chi connectivity index (χ1v) is 5.91. The second-order valence-electron chi connectivity index (χ2n) is 3.62. The summed E-state index contributed by atoms with van der Waals surface area (Å²) in [7, 11) is 0. The third-order valence-electron chi connectivity index (χ3n) is 2.56. The average Bonchev–Trinajstić information content (AvgIpc) is 2.74. The van der Waals surface area contributed by atoms with Gasteiger partial charge in [-0.3, -0.25) is 4.79 Å². The Bertz CT molecular complexity index is 353. The lowest BCUT2D eigenvalue weighted by Crippen LogP contribution is -2.28. The molecule has 1 atom stereocenters. The molecule has 0 aromatic carbocycles. The largest absolute Gasteiger partial charge is 0.452 e. The minimum Gasteiger partial charge on any atom is -0.452 e. The number of carbonyl (C=O) groups excluding carboxylic acids is 1. The molecule has 1 aliphatic rings. The maximum Gasteiger partial charge on any atom is 0.203 e. The van der Waals surface area contributed by atoms with E-state index in [1.807, 2.05) is 6.92 Å². The fraction of sp³-hybridized carbons (Fsp3) is 0.500. The summed E-state index contributed by atoms with van der Waals surface area (Å²) in [6.07, 6.45) is 3.49. The molecule has 1 fully saturated rings. The van der Waals surface area contributed by atoms with E-state index in [0.29, 0.717) is 5.56 Å². The Kier molecular flexibility index (Phi) is 2.62. The van der Waals surface area contributed by atoms with Crippen molar-refractivity contribution in [2.24, 2.45) is 0 Å². The van der Waals surface area contributed by atoms with E-state index in [4.69, 9.17) is 16.0 Å². The van der Waals surface area contributed by atoms with Gasteiger partial charge in [0.05, 0.1) is 16.6 Å². The van der Waals surface area contributed by atoms with Gasteiger partial charge in [0.25, 0.3) is 0 Å². The van der Waals surface area contributed by atoms with E-state index in [9.17, 15) is 4.79 Å². The number of Topliss-reactive ketones (excluding diaryl/α,β-unsaturated/α-hetero) is 1. The van der Waals surface area contributed by atoms with E-state index in [1.54, 1.807) is 17.8 Å². The van der Waals surface area contributed by atoms with Crippen LogP contribution in [0.5, 0.6) is 0 Å². The van der Waals surface area contributed by atoms with Crippen LogP contribution < -0.4 is 0 Å². The lowest BCUT2D eigenvalue weighted by Gasteiger charge is -2.19. The molecule has 14 heavy (non-hydrogen) atoms. The van der Waals surface area contributed by atoms with Crippen molar-refractivity contribution in [3.8, 4) is 0 Å². The molecule has 0 amide bonds. The number of halogens is 1. The van der Waals surface area contributed by atoms with Gasteiger partial charge >= 0.3 is 0 Å². The molecule has 1 aromatic heterocycles. The van der Waals surface area contributed by atoms with Crippen molar-refractivity contribution in [2.75, 3.05) is 5.75 Å². The predicted molar refractivity (Wildman–Crippen MR) is 58.1 cm³/mol. The van der Waals surface area contributed by atoms with Crippen LogP contribution in [-0.4, -0.2) is 16.3 Å². The summed E-state index contributed by atoms with van der Waals surface area (Å²) in [6.45, 7) is 1.98. The quantitative estimate of drug-likeness (QED) is 0.730. The molecule has 0 bridgehead atoms. The van der Waals surface area contributed by atoms with Crippen molar-refractivity contribution < 1.29 is 9.21 Å². The molecule has 76 valence electrons. The molecule has 0 radical (unpaired) electrons. The third-order valence-corrected chi connectivity index (χ3v) is 4.37.